The normalized spacial score (nSPS) is 15.5. The number of rotatable bonds is 8. The number of Topliss-reactive ketones (excluding diaryl/α,β-unsaturated/α-hetero) is 1. The number of hydrogen-bond donors (Lipinski definition) is 1. The third kappa shape index (κ3) is 6.24. The Morgan fingerprint density at radius 2 is 1.91 bits per heavy atom. The molecule has 2 aromatic carbocycles. The molecule has 11 heteroatoms. The molecule has 1 amide bonds. The highest BCUT2D eigenvalue weighted by Gasteiger charge is 2.37. The number of nitrogens with zero attached hydrogens (tertiary/aromatic N) is 5. The van der Waals surface area contributed by atoms with Gasteiger partial charge in [-0.25, -0.2) is 9.78 Å². The first-order valence-corrected chi connectivity index (χ1v) is 14.6. The highest BCUT2D eigenvalue weighted by atomic mass is 35.5. The Bertz CT molecular complexity index is 1720. The van der Waals surface area contributed by atoms with Crippen LogP contribution in [0.1, 0.15) is 49.5 Å². The molecule has 5 rings (SSSR count). The monoisotopic (exact) mass is 605 g/mol. The third-order valence-corrected chi connectivity index (χ3v) is 8.18. The van der Waals surface area contributed by atoms with Gasteiger partial charge in [0, 0.05) is 35.4 Å². The van der Waals surface area contributed by atoms with Gasteiger partial charge in [-0.1, -0.05) is 41.9 Å². The fraction of sp³-hybridized carbons (Fsp3) is 0.375. The third-order valence-electron chi connectivity index (χ3n) is 7.82. The van der Waals surface area contributed by atoms with E-state index >= 15 is 0 Å². The second-order valence-electron chi connectivity index (χ2n) is 11.8. The van der Waals surface area contributed by atoms with Crippen LogP contribution < -0.4 is 15.2 Å². The molecule has 1 saturated heterocycles. The molecule has 4 aromatic rings. The smallest absolute Gasteiger partial charge is 0.408 e. The molecule has 1 N–H and O–H groups in total. The van der Waals surface area contributed by atoms with Crippen LogP contribution in [0, 0.1) is 0 Å². The molecule has 1 fully saturated rings. The van der Waals surface area contributed by atoms with Gasteiger partial charge < -0.3 is 23.9 Å². The van der Waals surface area contributed by atoms with E-state index in [0.717, 1.165) is 18.4 Å². The van der Waals surface area contributed by atoms with Crippen molar-refractivity contribution >= 4 is 40.5 Å². The molecule has 43 heavy (non-hydrogen) atoms. The summed E-state index contributed by atoms with van der Waals surface area (Å²) in [4.78, 5) is 47.9. The number of amides is 1. The molecule has 1 aliphatic rings. The maximum Gasteiger partial charge on any atom is 0.408 e. The van der Waals surface area contributed by atoms with Gasteiger partial charge in [0.1, 0.15) is 11.3 Å². The summed E-state index contributed by atoms with van der Waals surface area (Å²) >= 11 is 6.56. The topological polar surface area (TPSA) is 110 Å². The zero-order chi connectivity index (χ0) is 30.9. The molecule has 0 spiro atoms. The largest absolute Gasteiger partial charge is 0.497 e. The van der Waals surface area contributed by atoms with E-state index in [1.54, 1.807) is 42.6 Å². The zero-order valence-corrected chi connectivity index (χ0v) is 25.5. The van der Waals surface area contributed by atoms with E-state index in [4.69, 9.17) is 21.3 Å². The lowest BCUT2D eigenvalue weighted by Crippen LogP contribution is -2.57. The van der Waals surface area contributed by atoms with Crippen LogP contribution in [0.3, 0.4) is 0 Å². The van der Waals surface area contributed by atoms with Gasteiger partial charge in [-0.15, -0.1) is 0 Å². The van der Waals surface area contributed by atoms with Gasteiger partial charge in [0.2, 0.25) is 5.95 Å². The molecule has 10 nitrogen and oxygen atoms in total. The number of piperidine rings is 1. The number of halogens is 1. The van der Waals surface area contributed by atoms with Gasteiger partial charge in [-0.05, 0) is 63.4 Å². The van der Waals surface area contributed by atoms with Crippen LogP contribution in [0.5, 0.6) is 5.75 Å². The van der Waals surface area contributed by atoms with Gasteiger partial charge in [0.15, 0.2) is 5.78 Å². The summed E-state index contributed by atoms with van der Waals surface area (Å²) in [5, 5.41) is 10.6. The molecule has 1 atom stereocenters. The first-order chi connectivity index (χ1) is 20.5. The van der Waals surface area contributed by atoms with E-state index in [1.165, 1.54) is 16.6 Å². The maximum absolute atomic E-state index is 14.0. The number of methoxy groups -OCH3 is 1. The summed E-state index contributed by atoms with van der Waals surface area (Å²) < 4.78 is 8.48. The van der Waals surface area contributed by atoms with Crippen molar-refractivity contribution < 1.29 is 19.4 Å². The van der Waals surface area contributed by atoms with Crippen molar-refractivity contribution in [2.75, 3.05) is 25.1 Å². The van der Waals surface area contributed by atoms with Crippen LogP contribution in [-0.2, 0) is 13.1 Å². The molecule has 226 valence electrons. The minimum absolute atomic E-state index is 0.153. The number of benzene rings is 2. The van der Waals surface area contributed by atoms with Crippen LogP contribution in [0.25, 0.3) is 11.0 Å². The number of anilines is 1. The Balaban J connectivity index is 1.57. The fourth-order valence-electron chi connectivity index (χ4n) is 5.86. The number of carboxylic acid groups (broad SMARTS) is 1. The number of ether oxygens (including phenoxy) is 1. The highest BCUT2D eigenvalue weighted by Crippen LogP contribution is 2.30. The lowest BCUT2D eigenvalue weighted by Gasteiger charge is -2.44. The maximum atomic E-state index is 14.0. The molecule has 0 radical (unpaired) electrons. The SMILES string of the molecule is COc1cccc(C(=O)Cn2ccc3nc(N4CCC[C@@H](N(C(=O)O)C(C)(C)C)C4)n(Cc4ccccc4Cl)c3c2=O)c1. The van der Waals surface area contributed by atoms with Crippen molar-refractivity contribution in [3.05, 3.63) is 87.3 Å². The summed E-state index contributed by atoms with van der Waals surface area (Å²) in [6.07, 6.45) is 2.11. The minimum Gasteiger partial charge on any atom is -0.497 e. The van der Waals surface area contributed by atoms with E-state index in [0.29, 0.717) is 46.4 Å². The van der Waals surface area contributed by atoms with E-state index in [1.807, 2.05) is 43.5 Å². The van der Waals surface area contributed by atoms with Gasteiger partial charge in [-0.2, -0.15) is 0 Å². The second kappa shape index (κ2) is 12.1. The van der Waals surface area contributed by atoms with E-state index in [2.05, 4.69) is 4.90 Å². The number of hydrogen-bond acceptors (Lipinski definition) is 6. The number of carbonyl (C=O) groups is 2. The summed E-state index contributed by atoms with van der Waals surface area (Å²) in [6, 6.07) is 15.7. The molecule has 0 saturated carbocycles. The standard InChI is InChI=1S/C32H36ClN5O5/c1-32(2,3)38(31(41)42)23-11-8-15-36(19-23)30-34-26-14-16-35(20-27(39)21-10-7-12-24(17-21)43-4)29(40)28(26)37(30)18-22-9-5-6-13-25(22)33/h5-7,9-10,12-14,16-17,23H,8,11,15,18-20H2,1-4H3,(H,41,42)/t23-/m1/s1. The number of pyridine rings is 1. The molecule has 0 aliphatic carbocycles. The average molecular weight is 606 g/mol. The van der Waals surface area contributed by atoms with Crippen molar-refractivity contribution in [2.24, 2.45) is 0 Å². The van der Waals surface area contributed by atoms with Gasteiger partial charge >= 0.3 is 6.09 Å². The number of aromatic nitrogens is 3. The first-order valence-electron chi connectivity index (χ1n) is 14.3. The Morgan fingerprint density at radius 3 is 2.60 bits per heavy atom. The van der Waals surface area contributed by atoms with Crippen LogP contribution in [0.4, 0.5) is 10.7 Å². The highest BCUT2D eigenvalue weighted by molar-refractivity contribution is 6.31. The molecule has 1 aliphatic heterocycles. The average Bonchev–Trinajstić information content (AvgIpc) is 3.34. The summed E-state index contributed by atoms with van der Waals surface area (Å²) in [5.41, 5.74) is 1.16. The van der Waals surface area contributed by atoms with Crippen LogP contribution >= 0.6 is 11.6 Å². The molecule has 0 bridgehead atoms. The lowest BCUT2D eigenvalue weighted by atomic mass is 9.98. The first kappa shape index (κ1) is 30.2. The predicted molar refractivity (Wildman–Crippen MR) is 167 cm³/mol. The van der Waals surface area contributed by atoms with Crippen molar-refractivity contribution in [1.82, 2.24) is 19.0 Å². The molecule has 0 unspecified atom stereocenters. The minimum atomic E-state index is -0.965. The number of imidazole rings is 1. The number of ketones is 1. The Morgan fingerprint density at radius 1 is 1.14 bits per heavy atom. The van der Waals surface area contributed by atoms with Gasteiger partial charge in [0.25, 0.3) is 5.56 Å². The predicted octanol–water partition coefficient (Wildman–Crippen LogP) is 5.54. The van der Waals surface area contributed by atoms with Gasteiger partial charge in [0.05, 0.1) is 31.8 Å². The molecule has 3 heterocycles. The van der Waals surface area contributed by atoms with Crippen molar-refractivity contribution in [1.29, 1.82) is 0 Å². The molecular weight excluding hydrogens is 570 g/mol. The van der Waals surface area contributed by atoms with Crippen molar-refractivity contribution in [2.45, 2.75) is 58.3 Å². The van der Waals surface area contributed by atoms with Crippen molar-refractivity contribution in [3.8, 4) is 5.75 Å². The second-order valence-corrected chi connectivity index (χ2v) is 12.2. The zero-order valence-electron chi connectivity index (χ0n) is 24.8. The Kier molecular flexibility index (Phi) is 8.50. The van der Waals surface area contributed by atoms with Crippen LogP contribution in [0.15, 0.2) is 65.6 Å². The van der Waals surface area contributed by atoms with Crippen LogP contribution in [-0.4, -0.2) is 67.8 Å². The molecule has 2 aromatic heterocycles. The number of fused-ring (bicyclic) bond motifs is 1. The molecular formula is C32H36ClN5O5. The van der Waals surface area contributed by atoms with E-state index < -0.39 is 11.6 Å². The lowest BCUT2D eigenvalue weighted by molar-refractivity contribution is 0.0646. The number of carbonyl (C=O) groups excluding carboxylic acids is 1. The van der Waals surface area contributed by atoms with E-state index in [9.17, 15) is 19.5 Å². The fourth-order valence-corrected chi connectivity index (χ4v) is 6.05. The Hall–Kier alpha value is -4.31. The van der Waals surface area contributed by atoms with Gasteiger partial charge in [-0.3, -0.25) is 14.5 Å². The van der Waals surface area contributed by atoms with Crippen LogP contribution in [0.2, 0.25) is 5.02 Å². The summed E-state index contributed by atoms with van der Waals surface area (Å²) in [6.45, 7) is 6.88. The van der Waals surface area contributed by atoms with Crippen molar-refractivity contribution in [3.63, 3.8) is 0 Å². The van der Waals surface area contributed by atoms with E-state index in [-0.39, 0.29) is 30.5 Å². The quantitative estimate of drug-likeness (QED) is 0.263. The Labute approximate surface area is 255 Å². The summed E-state index contributed by atoms with van der Waals surface area (Å²) in [5.74, 6) is 0.893. The summed E-state index contributed by atoms with van der Waals surface area (Å²) in [7, 11) is 1.53.